The standard InChI is InChI=1S/C15H20O5/c1-12(13(2)16)15(17)20-11-9-18-8-10-19-14-6-4-3-5-7-14/h3-7,12H,8-11H2,1-2H3. The van der Waals surface area contributed by atoms with Gasteiger partial charge in [0.15, 0.2) is 0 Å². The third-order valence-corrected chi connectivity index (χ3v) is 2.67. The van der Waals surface area contributed by atoms with Crippen molar-refractivity contribution in [2.24, 2.45) is 5.92 Å². The second-order valence-electron chi connectivity index (χ2n) is 4.27. The zero-order valence-corrected chi connectivity index (χ0v) is 11.8. The lowest BCUT2D eigenvalue weighted by Crippen LogP contribution is -2.23. The second kappa shape index (κ2) is 9.09. The van der Waals surface area contributed by atoms with Crippen molar-refractivity contribution >= 4 is 11.8 Å². The Labute approximate surface area is 118 Å². The van der Waals surface area contributed by atoms with Crippen molar-refractivity contribution in [3.05, 3.63) is 30.3 Å². The summed E-state index contributed by atoms with van der Waals surface area (Å²) in [5, 5.41) is 0. The fourth-order valence-electron chi connectivity index (χ4n) is 1.33. The number of Topliss-reactive ketones (excluding diaryl/α,β-unsaturated/α-hetero) is 1. The summed E-state index contributed by atoms with van der Waals surface area (Å²) >= 11 is 0. The smallest absolute Gasteiger partial charge is 0.316 e. The molecule has 0 spiro atoms. The molecule has 0 saturated heterocycles. The Morgan fingerprint density at radius 2 is 1.70 bits per heavy atom. The third-order valence-electron chi connectivity index (χ3n) is 2.67. The van der Waals surface area contributed by atoms with Gasteiger partial charge in [-0.1, -0.05) is 18.2 Å². The van der Waals surface area contributed by atoms with Crippen molar-refractivity contribution in [3.63, 3.8) is 0 Å². The quantitative estimate of drug-likeness (QED) is 0.392. The van der Waals surface area contributed by atoms with Crippen LogP contribution in [0.5, 0.6) is 5.75 Å². The van der Waals surface area contributed by atoms with Crippen LogP contribution >= 0.6 is 0 Å². The number of hydrogen-bond acceptors (Lipinski definition) is 5. The maximum Gasteiger partial charge on any atom is 0.316 e. The van der Waals surface area contributed by atoms with Crippen molar-refractivity contribution in [2.75, 3.05) is 26.4 Å². The first kappa shape index (κ1) is 16.2. The number of hydrogen-bond donors (Lipinski definition) is 0. The lowest BCUT2D eigenvalue weighted by atomic mass is 10.1. The van der Waals surface area contributed by atoms with Crippen LogP contribution in [-0.2, 0) is 19.1 Å². The highest BCUT2D eigenvalue weighted by Gasteiger charge is 2.18. The first-order valence-electron chi connectivity index (χ1n) is 6.54. The third kappa shape index (κ3) is 6.33. The van der Waals surface area contributed by atoms with Crippen LogP contribution in [-0.4, -0.2) is 38.2 Å². The van der Waals surface area contributed by atoms with Crippen LogP contribution < -0.4 is 4.74 Å². The minimum Gasteiger partial charge on any atom is -0.491 e. The van der Waals surface area contributed by atoms with Crippen molar-refractivity contribution < 1.29 is 23.8 Å². The number of benzene rings is 1. The SMILES string of the molecule is CC(=O)C(C)C(=O)OCCOCCOc1ccccc1. The first-order chi connectivity index (χ1) is 9.61. The van der Waals surface area contributed by atoms with Crippen LogP contribution in [0.25, 0.3) is 0 Å². The second-order valence-corrected chi connectivity index (χ2v) is 4.27. The summed E-state index contributed by atoms with van der Waals surface area (Å²) in [5.74, 6) is -0.636. The number of carbonyl (C=O) groups is 2. The molecule has 1 aromatic rings. The van der Waals surface area contributed by atoms with E-state index in [2.05, 4.69) is 0 Å². The molecule has 0 fully saturated rings. The molecule has 0 aromatic heterocycles. The summed E-state index contributed by atoms with van der Waals surface area (Å²) in [6.07, 6.45) is 0. The van der Waals surface area contributed by atoms with E-state index in [0.29, 0.717) is 13.2 Å². The van der Waals surface area contributed by atoms with Gasteiger partial charge in [-0.3, -0.25) is 9.59 Å². The summed E-state index contributed by atoms with van der Waals surface area (Å²) in [5.41, 5.74) is 0. The van der Waals surface area contributed by atoms with Gasteiger partial charge < -0.3 is 14.2 Å². The molecule has 110 valence electrons. The van der Waals surface area contributed by atoms with Gasteiger partial charge in [0, 0.05) is 0 Å². The Kier molecular flexibility index (Phi) is 7.35. The van der Waals surface area contributed by atoms with Crippen molar-refractivity contribution in [1.29, 1.82) is 0 Å². The van der Waals surface area contributed by atoms with Crippen molar-refractivity contribution in [1.82, 2.24) is 0 Å². The van der Waals surface area contributed by atoms with E-state index in [0.717, 1.165) is 5.75 Å². The molecule has 0 amide bonds. The largest absolute Gasteiger partial charge is 0.491 e. The number of ether oxygens (including phenoxy) is 3. The molecular weight excluding hydrogens is 260 g/mol. The molecule has 20 heavy (non-hydrogen) atoms. The molecule has 1 atom stereocenters. The van der Waals surface area contributed by atoms with Crippen molar-refractivity contribution in [2.45, 2.75) is 13.8 Å². The fraction of sp³-hybridized carbons (Fsp3) is 0.467. The van der Waals surface area contributed by atoms with Gasteiger partial charge in [0.05, 0.1) is 13.2 Å². The van der Waals surface area contributed by atoms with E-state index in [1.54, 1.807) is 0 Å². The summed E-state index contributed by atoms with van der Waals surface area (Å²) in [6.45, 7) is 4.16. The zero-order valence-electron chi connectivity index (χ0n) is 11.8. The van der Waals surface area contributed by atoms with Gasteiger partial charge in [0.25, 0.3) is 0 Å². The Hall–Kier alpha value is -1.88. The number of ketones is 1. The average Bonchev–Trinajstić information content (AvgIpc) is 2.46. The van der Waals surface area contributed by atoms with E-state index < -0.39 is 11.9 Å². The maximum absolute atomic E-state index is 11.3. The Bertz CT molecular complexity index is 416. The Morgan fingerprint density at radius 1 is 1.05 bits per heavy atom. The predicted molar refractivity (Wildman–Crippen MR) is 73.6 cm³/mol. The van der Waals surface area contributed by atoms with Crippen LogP contribution in [0.15, 0.2) is 30.3 Å². The molecule has 0 heterocycles. The van der Waals surface area contributed by atoms with Crippen LogP contribution in [0.1, 0.15) is 13.8 Å². The Morgan fingerprint density at radius 3 is 2.35 bits per heavy atom. The topological polar surface area (TPSA) is 61.8 Å². The van der Waals surface area contributed by atoms with E-state index in [4.69, 9.17) is 14.2 Å². The zero-order chi connectivity index (χ0) is 14.8. The highest BCUT2D eigenvalue weighted by Crippen LogP contribution is 2.07. The average molecular weight is 280 g/mol. The minimum absolute atomic E-state index is 0.141. The van der Waals surface area contributed by atoms with Crippen LogP contribution in [0.3, 0.4) is 0 Å². The summed E-state index contributed by atoms with van der Waals surface area (Å²) in [6, 6.07) is 9.44. The van der Waals surface area contributed by atoms with Gasteiger partial charge in [-0.15, -0.1) is 0 Å². The highest BCUT2D eigenvalue weighted by molar-refractivity contribution is 5.97. The first-order valence-corrected chi connectivity index (χ1v) is 6.54. The van der Waals surface area contributed by atoms with Gasteiger partial charge in [-0.05, 0) is 26.0 Å². The fourth-order valence-corrected chi connectivity index (χ4v) is 1.33. The molecule has 1 unspecified atom stereocenters. The molecule has 1 rings (SSSR count). The van der Waals surface area contributed by atoms with E-state index in [1.807, 2.05) is 30.3 Å². The van der Waals surface area contributed by atoms with E-state index in [-0.39, 0.29) is 19.0 Å². The molecule has 0 bridgehead atoms. The van der Waals surface area contributed by atoms with Crippen molar-refractivity contribution in [3.8, 4) is 5.75 Å². The van der Waals surface area contributed by atoms with Gasteiger partial charge in [-0.25, -0.2) is 0 Å². The minimum atomic E-state index is -0.712. The van der Waals surface area contributed by atoms with E-state index >= 15 is 0 Å². The molecule has 5 nitrogen and oxygen atoms in total. The summed E-state index contributed by atoms with van der Waals surface area (Å²) < 4.78 is 15.6. The molecule has 0 aliphatic heterocycles. The highest BCUT2D eigenvalue weighted by atomic mass is 16.6. The molecule has 0 radical (unpaired) electrons. The monoisotopic (exact) mass is 280 g/mol. The molecular formula is C15H20O5. The number of para-hydroxylation sites is 1. The lowest BCUT2D eigenvalue weighted by molar-refractivity contribution is -0.152. The van der Waals surface area contributed by atoms with Gasteiger partial charge >= 0.3 is 5.97 Å². The van der Waals surface area contributed by atoms with E-state index in [1.165, 1.54) is 13.8 Å². The van der Waals surface area contributed by atoms with Crippen LogP contribution in [0.2, 0.25) is 0 Å². The van der Waals surface area contributed by atoms with Gasteiger partial charge in [0.1, 0.15) is 30.7 Å². The predicted octanol–water partition coefficient (Wildman–Crippen LogP) is 1.85. The number of rotatable bonds is 9. The number of esters is 1. The molecule has 0 N–H and O–H groups in total. The molecule has 0 aliphatic carbocycles. The maximum atomic E-state index is 11.3. The van der Waals surface area contributed by atoms with Crippen LogP contribution in [0.4, 0.5) is 0 Å². The number of carbonyl (C=O) groups excluding carboxylic acids is 2. The Balaban J connectivity index is 2.00. The lowest BCUT2D eigenvalue weighted by Gasteiger charge is -2.09. The van der Waals surface area contributed by atoms with Gasteiger partial charge in [-0.2, -0.15) is 0 Å². The molecule has 0 aliphatic rings. The summed E-state index contributed by atoms with van der Waals surface area (Å²) in [7, 11) is 0. The van der Waals surface area contributed by atoms with Gasteiger partial charge in [0.2, 0.25) is 0 Å². The summed E-state index contributed by atoms with van der Waals surface area (Å²) in [4.78, 5) is 22.3. The van der Waals surface area contributed by atoms with Crippen LogP contribution in [0, 0.1) is 5.92 Å². The molecule has 5 heteroatoms. The molecule has 0 saturated carbocycles. The van der Waals surface area contributed by atoms with E-state index in [9.17, 15) is 9.59 Å². The molecule has 1 aromatic carbocycles. The normalized spacial score (nSPS) is 11.7.